The van der Waals surface area contributed by atoms with E-state index in [1.807, 2.05) is 12.1 Å². The zero-order chi connectivity index (χ0) is 14.3. The number of hydrogen-bond acceptors (Lipinski definition) is 2. The molecule has 0 bridgehead atoms. The maximum absolute atomic E-state index is 12.5. The number of nitrogens with one attached hydrogen (secondary N) is 2. The summed E-state index contributed by atoms with van der Waals surface area (Å²) in [4.78, 5) is 29.0. The third-order valence-electron chi connectivity index (χ3n) is 2.95. The molecule has 2 N–H and O–H groups in total. The Balaban J connectivity index is 2.09. The number of hydrogen-bond donors (Lipinski definition) is 2. The Morgan fingerprint density at radius 3 is 2.45 bits per heavy atom. The SMILES string of the molecule is O=C(c1ccc2[nH]c(=O)[nH]c2c1)c1ccc(Br)cc1Br. The van der Waals surface area contributed by atoms with Gasteiger partial charge in [-0.3, -0.25) is 4.79 Å². The van der Waals surface area contributed by atoms with Crippen LogP contribution in [-0.2, 0) is 0 Å². The summed E-state index contributed by atoms with van der Waals surface area (Å²) >= 11 is 6.74. The fourth-order valence-electron chi connectivity index (χ4n) is 2.00. The van der Waals surface area contributed by atoms with Crippen LogP contribution < -0.4 is 5.69 Å². The third-order valence-corrected chi connectivity index (χ3v) is 4.10. The largest absolute Gasteiger partial charge is 0.323 e. The van der Waals surface area contributed by atoms with E-state index >= 15 is 0 Å². The van der Waals surface area contributed by atoms with Crippen LogP contribution in [0.1, 0.15) is 15.9 Å². The quantitative estimate of drug-likeness (QED) is 0.651. The number of imidazole rings is 1. The standard InChI is InChI=1S/C14H8Br2N2O2/c15-8-2-3-9(10(16)6-8)13(19)7-1-4-11-12(5-7)18-14(20)17-11/h1-6H,(H2,17,18,20). The summed E-state index contributed by atoms with van der Waals surface area (Å²) in [6.07, 6.45) is 0. The first-order chi connectivity index (χ1) is 9.54. The number of halogens is 2. The summed E-state index contributed by atoms with van der Waals surface area (Å²) in [5.41, 5.74) is 2.12. The van der Waals surface area contributed by atoms with Gasteiger partial charge in [-0.2, -0.15) is 0 Å². The molecule has 1 heterocycles. The van der Waals surface area contributed by atoms with E-state index in [0.29, 0.717) is 22.2 Å². The van der Waals surface area contributed by atoms with E-state index in [2.05, 4.69) is 41.8 Å². The van der Waals surface area contributed by atoms with Gasteiger partial charge in [-0.15, -0.1) is 0 Å². The van der Waals surface area contributed by atoms with Crippen molar-refractivity contribution in [2.75, 3.05) is 0 Å². The lowest BCUT2D eigenvalue weighted by molar-refractivity contribution is 0.103. The summed E-state index contributed by atoms with van der Waals surface area (Å²) in [5, 5.41) is 0. The van der Waals surface area contributed by atoms with Crippen LogP contribution in [0.5, 0.6) is 0 Å². The molecule has 2 aromatic carbocycles. The zero-order valence-corrected chi connectivity index (χ0v) is 13.2. The van der Waals surface area contributed by atoms with Gasteiger partial charge in [0, 0.05) is 20.1 Å². The fourth-order valence-corrected chi connectivity index (χ4v) is 3.23. The van der Waals surface area contributed by atoms with Gasteiger partial charge in [0.15, 0.2) is 5.78 Å². The van der Waals surface area contributed by atoms with E-state index in [9.17, 15) is 9.59 Å². The average molecular weight is 396 g/mol. The minimum atomic E-state index is -0.283. The average Bonchev–Trinajstić information content (AvgIpc) is 2.77. The minimum Gasteiger partial charge on any atom is -0.306 e. The number of fused-ring (bicyclic) bond motifs is 1. The van der Waals surface area contributed by atoms with Crippen molar-refractivity contribution in [2.24, 2.45) is 0 Å². The van der Waals surface area contributed by atoms with E-state index < -0.39 is 0 Å². The number of benzene rings is 2. The Kier molecular flexibility index (Phi) is 3.35. The lowest BCUT2D eigenvalue weighted by Gasteiger charge is -2.04. The Labute approximate surface area is 130 Å². The number of rotatable bonds is 2. The molecular formula is C14H8Br2N2O2. The van der Waals surface area contributed by atoms with E-state index in [1.54, 1.807) is 24.3 Å². The van der Waals surface area contributed by atoms with Crippen LogP contribution >= 0.6 is 31.9 Å². The molecule has 0 saturated carbocycles. The second kappa shape index (κ2) is 5.03. The fraction of sp³-hybridized carbons (Fsp3) is 0. The van der Waals surface area contributed by atoms with Crippen LogP contribution in [0.3, 0.4) is 0 Å². The van der Waals surface area contributed by atoms with Crippen LogP contribution in [-0.4, -0.2) is 15.8 Å². The number of aromatic amines is 2. The van der Waals surface area contributed by atoms with Gasteiger partial charge in [-0.25, -0.2) is 4.79 Å². The van der Waals surface area contributed by atoms with Crippen molar-refractivity contribution < 1.29 is 4.79 Å². The number of aromatic nitrogens is 2. The highest BCUT2D eigenvalue weighted by atomic mass is 79.9. The maximum atomic E-state index is 12.5. The van der Waals surface area contributed by atoms with Crippen molar-refractivity contribution in [3.8, 4) is 0 Å². The van der Waals surface area contributed by atoms with Gasteiger partial charge in [0.05, 0.1) is 11.0 Å². The maximum Gasteiger partial charge on any atom is 0.323 e. The van der Waals surface area contributed by atoms with E-state index in [-0.39, 0.29) is 11.5 Å². The van der Waals surface area contributed by atoms with E-state index in [4.69, 9.17) is 0 Å². The van der Waals surface area contributed by atoms with Crippen molar-refractivity contribution in [3.63, 3.8) is 0 Å². The number of H-pyrrole nitrogens is 2. The van der Waals surface area contributed by atoms with Crippen LogP contribution in [0.2, 0.25) is 0 Å². The molecule has 3 aromatic rings. The van der Waals surface area contributed by atoms with Gasteiger partial charge in [0.25, 0.3) is 0 Å². The lowest BCUT2D eigenvalue weighted by atomic mass is 10.0. The Bertz CT molecular complexity index is 880. The number of ketones is 1. The van der Waals surface area contributed by atoms with E-state index in [0.717, 1.165) is 8.95 Å². The summed E-state index contributed by atoms with van der Waals surface area (Å²) in [5.74, 6) is -0.103. The molecular weight excluding hydrogens is 388 g/mol. The molecule has 0 amide bonds. The van der Waals surface area contributed by atoms with Crippen molar-refractivity contribution in [3.05, 3.63) is 67.0 Å². The first kappa shape index (κ1) is 13.3. The van der Waals surface area contributed by atoms with Crippen molar-refractivity contribution in [1.29, 1.82) is 0 Å². The summed E-state index contributed by atoms with van der Waals surface area (Å²) in [6.45, 7) is 0. The Hall–Kier alpha value is -1.66. The third kappa shape index (κ3) is 2.36. The molecule has 0 saturated heterocycles. The summed E-state index contributed by atoms with van der Waals surface area (Å²) < 4.78 is 1.62. The van der Waals surface area contributed by atoms with Gasteiger partial charge in [0.1, 0.15) is 0 Å². The number of carbonyl (C=O) groups excluding carboxylic acids is 1. The second-order valence-electron chi connectivity index (χ2n) is 4.29. The summed E-state index contributed by atoms with van der Waals surface area (Å²) in [7, 11) is 0. The molecule has 6 heteroatoms. The van der Waals surface area contributed by atoms with Gasteiger partial charge in [-0.05, 0) is 52.3 Å². The predicted octanol–water partition coefficient (Wildman–Crippen LogP) is 3.61. The molecule has 20 heavy (non-hydrogen) atoms. The highest BCUT2D eigenvalue weighted by Crippen LogP contribution is 2.25. The van der Waals surface area contributed by atoms with Crippen molar-refractivity contribution >= 4 is 48.7 Å². The van der Waals surface area contributed by atoms with Gasteiger partial charge in [-0.1, -0.05) is 15.9 Å². The molecule has 1 aromatic heterocycles. The zero-order valence-electron chi connectivity index (χ0n) is 10.0. The minimum absolute atomic E-state index is 0.103. The van der Waals surface area contributed by atoms with Crippen LogP contribution in [0.25, 0.3) is 11.0 Å². The number of carbonyl (C=O) groups is 1. The molecule has 0 radical (unpaired) electrons. The monoisotopic (exact) mass is 394 g/mol. The van der Waals surface area contributed by atoms with Crippen molar-refractivity contribution in [1.82, 2.24) is 9.97 Å². The first-order valence-corrected chi connectivity index (χ1v) is 7.35. The molecule has 0 unspecified atom stereocenters. The van der Waals surface area contributed by atoms with E-state index in [1.165, 1.54) is 0 Å². The van der Waals surface area contributed by atoms with Crippen molar-refractivity contribution in [2.45, 2.75) is 0 Å². The molecule has 0 aliphatic carbocycles. The molecule has 4 nitrogen and oxygen atoms in total. The molecule has 3 rings (SSSR count). The molecule has 0 aliphatic heterocycles. The topological polar surface area (TPSA) is 65.7 Å². The molecule has 0 spiro atoms. The van der Waals surface area contributed by atoms with Gasteiger partial charge < -0.3 is 9.97 Å². The van der Waals surface area contributed by atoms with Gasteiger partial charge >= 0.3 is 5.69 Å². The highest BCUT2D eigenvalue weighted by Gasteiger charge is 2.13. The molecule has 0 atom stereocenters. The lowest BCUT2D eigenvalue weighted by Crippen LogP contribution is -2.02. The predicted molar refractivity (Wildman–Crippen MR) is 84.2 cm³/mol. The molecule has 0 aliphatic rings. The second-order valence-corrected chi connectivity index (χ2v) is 6.06. The molecule has 0 fully saturated rings. The van der Waals surface area contributed by atoms with Crippen LogP contribution in [0.4, 0.5) is 0 Å². The smallest absolute Gasteiger partial charge is 0.306 e. The summed E-state index contributed by atoms with van der Waals surface area (Å²) in [6, 6.07) is 10.5. The van der Waals surface area contributed by atoms with Gasteiger partial charge in [0.2, 0.25) is 0 Å². The first-order valence-electron chi connectivity index (χ1n) is 5.76. The Morgan fingerprint density at radius 1 is 0.950 bits per heavy atom. The normalized spacial score (nSPS) is 10.9. The highest BCUT2D eigenvalue weighted by molar-refractivity contribution is 9.11. The Morgan fingerprint density at radius 2 is 1.70 bits per heavy atom. The molecule has 100 valence electrons. The van der Waals surface area contributed by atoms with Crippen LogP contribution in [0, 0.1) is 0 Å². The van der Waals surface area contributed by atoms with Crippen LogP contribution in [0.15, 0.2) is 50.1 Å².